The second kappa shape index (κ2) is 5.05. The fourth-order valence-electron chi connectivity index (χ4n) is 1.39. The van der Waals surface area contributed by atoms with Gasteiger partial charge in [-0.05, 0) is 6.07 Å². The Morgan fingerprint density at radius 2 is 2.29 bits per heavy atom. The number of carboxylic acids is 1. The lowest BCUT2D eigenvalue weighted by molar-refractivity contribution is -0.385. The Morgan fingerprint density at radius 1 is 1.65 bits per heavy atom. The van der Waals surface area contributed by atoms with Crippen molar-refractivity contribution in [2.75, 3.05) is 0 Å². The van der Waals surface area contributed by atoms with Crippen LogP contribution in [0.15, 0.2) is 18.2 Å². The van der Waals surface area contributed by atoms with E-state index in [0.717, 1.165) is 0 Å². The molecule has 1 atom stereocenters. The molecule has 0 aliphatic heterocycles. The summed E-state index contributed by atoms with van der Waals surface area (Å²) >= 11 is 0. The summed E-state index contributed by atoms with van der Waals surface area (Å²) in [6, 6.07) is 4.60. The highest BCUT2D eigenvalue weighted by Crippen LogP contribution is 2.24. The van der Waals surface area contributed by atoms with Gasteiger partial charge in [0, 0.05) is 12.0 Å². The van der Waals surface area contributed by atoms with Gasteiger partial charge in [0.2, 0.25) is 0 Å². The molecule has 0 spiro atoms. The van der Waals surface area contributed by atoms with Gasteiger partial charge in [0.05, 0.1) is 4.92 Å². The van der Waals surface area contributed by atoms with Crippen LogP contribution in [-0.2, 0) is 11.2 Å². The largest absolute Gasteiger partial charge is 0.480 e. The van der Waals surface area contributed by atoms with E-state index in [4.69, 9.17) is 16.1 Å². The van der Waals surface area contributed by atoms with Gasteiger partial charge in [-0.25, -0.2) is 0 Å². The maximum atomic E-state index is 10.8. The van der Waals surface area contributed by atoms with E-state index in [-0.39, 0.29) is 23.2 Å². The highest BCUT2D eigenvalue weighted by atomic mass is 16.6. The first-order chi connectivity index (χ1) is 7.97. The van der Waals surface area contributed by atoms with Gasteiger partial charge in [0.15, 0.2) is 0 Å². The van der Waals surface area contributed by atoms with Crippen molar-refractivity contribution in [2.45, 2.75) is 12.5 Å². The van der Waals surface area contributed by atoms with Crippen molar-refractivity contribution in [1.82, 2.24) is 0 Å². The molecule has 0 aromatic heterocycles. The van der Waals surface area contributed by atoms with Crippen molar-refractivity contribution < 1.29 is 14.8 Å². The molecular weight excluding hydrogens is 226 g/mol. The highest BCUT2D eigenvalue weighted by molar-refractivity contribution is 5.74. The van der Waals surface area contributed by atoms with Crippen molar-refractivity contribution >= 4 is 11.7 Å². The van der Waals surface area contributed by atoms with Crippen LogP contribution in [0.1, 0.15) is 11.1 Å². The Kier molecular flexibility index (Phi) is 3.74. The third kappa shape index (κ3) is 2.76. The third-order valence-corrected chi connectivity index (χ3v) is 2.18. The van der Waals surface area contributed by atoms with Crippen molar-refractivity contribution in [1.29, 1.82) is 5.26 Å². The van der Waals surface area contributed by atoms with Crippen molar-refractivity contribution in [3.63, 3.8) is 0 Å². The number of nitriles is 1. The predicted octanol–water partition coefficient (Wildman–Crippen LogP) is 0.421. The third-order valence-electron chi connectivity index (χ3n) is 2.18. The molecule has 0 saturated heterocycles. The summed E-state index contributed by atoms with van der Waals surface area (Å²) in [5, 5.41) is 28.2. The van der Waals surface area contributed by atoms with Gasteiger partial charge in [-0.15, -0.1) is 0 Å². The molecule has 1 rings (SSSR count). The van der Waals surface area contributed by atoms with Gasteiger partial charge in [-0.2, -0.15) is 5.26 Å². The number of nitrogens with two attached hydrogens (primary N) is 1. The van der Waals surface area contributed by atoms with E-state index >= 15 is 0 Å². The zero-order valence-electron chi connectivity index (χ0n) is 8.66. The monoisotopic (exact) mass is 235 g/mol. The average Bonchev–Trinajstić information content (AvgIpc) is 2.27. The minimum atomic E-state index is -1.25. The number of nitro groups is 1. The summed E-state index contributed by atoms with van der Waals surface area (Å²) in [4.78, 5) is 20.7. The molecule has 0 aliphatic carbocycles. The van der Waals surface area contributed by atoms with Crippen LogP contribution >= 0.6 is 0 Å². The van der Waals surface area contributed by atoms with E-state index in [1.54, 1.807) is 6.07 Å². The first-order valence-electron chi connectivity index (χ1n) is 4.62. The molecule has 1 unspecified atom stereocenters. The van der Waals surface area contributed by atoms with E-state index in [2.05, 4.69) is 0 Å². The summed E-state index contributed by atoms with van der Waals surface area (Å²) in [5.74, 6) is -1.25. The number of nitrogens with zero attached hydrogens (tertiary/aromatic N) is 2. The summed E-state index contributed by atoms with van der Waals surface area (Å²) in [6.45, 7) is 0. The maximum Gasteiger partial charge on any atom is 0.320 e. The first kappa shape index (κ1) is 12.6. The summed E-state index contributed by atoms with van der Waals surface area (Å²) in [7, 11) is 0. The lowest BCUT2D eigenvalue weighted by Crippen LogP contribution is -2.32. The molecule has 17 heavy (non-hydrogen) atoms. The molecule has 1 aromatic rings. The molecule has 0 radical (unpaired) electrons. The Hall–Kier alpha value is -2.46. The van der Waals surface area contributed by atoms with Gasteiger partial charge in [-0.3, -0.25) is 14.9 Å². The van der Waals surface area contributed by atoms with Crippen LogP contribution in [0.3, 0.4) is 0 Å². The number of carboxylic acid groups (broad SMARTS) is 1. The summed E-state index contributed by atoms with van der Waals surface area (Å²) < 4.78 is 0. The van der Waals surface area contributed by atoms with Gasteiger partial charge in [0.1, 0.15) is 17.7 Å². The zero-order valence-corrected chi connectivity index (χ0v) is 8.66. The number of nitro benzene ring substituents is 1. The van der Waals surface area contributed by atoms with Crippen molar-refractivity contribution in [2.24, 2.45) is 5.73 Å². The van der Waals surface area contributed by atoms with Gasteiger partial charge < -0.3 is 10.8 Å². The van der Waals surface area contributed by atoms with Crippen LogP contribution in [0.2, 0.25) is 0 Å². The fraction of sp³-hybridized carbons (Fsp3) is 0.200. The second-order valence-corrected chi connectivity index (χ2v) is 3.33. The highest BCUT2D eigenvalue weighted by Gasteiger charge is 2.23. The minimum Gasteiger partial charge on any atom is -0.480 e. The van der Waals surface area contributed by atoms with Crippen molar-refractivity contribution in [3.05, 3.63) is 39.4 Å². The minimum absolute atomic E-state index is 0.106. The smallest absolute Gasteiger partial charge is 0.320 e. The number of hydrogen-bond acceptors (Lipinski definition) is 5. The lowest BCUT2D eigenvalue weighted by Gasteiger charge is -2.07. The number of rotatable bonds is 4. The maximum absolute atomic E-state index is 10.8. The Labute approximate surface area is 96.2 Å². The SMILES string of the molecule is N#Cc1cccc(CC(N)C(=O)O)c1[N+](=O)[O-]. The molecule has 0 saturated carbocycles. The van der Waals surface area contributed by atoms with Crippen molar-refractivity contribution in [3.8, 4) is 6.07 Å². The molecular formula is C10H9N3O4. The van der Waals surface area contributed by atoms with Crippen LogP contribution in [0.4, 0.5) is 5.69 Å². The van der Waals surface area contributed by atoms with Gasteiger partial charge in [0.25, 0.3) is 5.69 Å². The molecule has 0 fully saturated rings. The first-order valence-corrected chi connectivity index (χ1v) is 4.62. The van der Waals surface area contributed by atoms with E-state index in [1.807, 2.05) is 0 Å². The number of hydrogen-bond donors (Lipinski definition) is 2. The van der Waals surface area contributed by atoms with E-state index < -0.39 is 16.9 Å². The standard InChI is InChI=1S/C10H9N3O4/c11-5-7-3-1-2-6(9(7)13(16)17)4-8(12)10(14)15/h1-3,8H,4,12H2,(H,14,15). The molecule has 0 bridgehead atoms. The van der Waals surface area contributed by atoms with E-state index in [1.165, 1.54) is 18.2 Å². The molecule has 7 nitrogen and oxygen atoms in total. The second-order valence-electron chi connectivity index (χ2n) is 3.33. The topological polar surface area (TPSA) is 130 Å². The Bertz CT molecular complexity index is 507. The van der Waals surface area contributed by atoms with Gasteiger partial charge >= 0.3 is 5.97 Å². The Morgan fingerprint density at radius 3 is 2.76 bits per heavy atom. The van der Waals surface area contributed by atoms with Crippen LogP contribution in [-0.4, -0.2) is 22.0 Å². The van der Waals surface area contributed by atoms with E-state index in [9.17, 15) is 14.9 Å². The quantitative estimate of drug-likeness (QED) is 0.574. The number of aliphatic carboxylic acids is 1. The molecule has 7 heteroatoms. The van der Waals surface area contributed by atoms with E-state index in [0.29, 0.717) is 0 Å². The average molecular weight is 235 g/mol. The van der Waals surface area contributed by atoms with Gasteiger partial charge in [-0.1, -0.05) is 12.1 Å². The summed E-state index contributed by atoms with van der Waals surface area (Å²) in [5.41, 5.74) is 4.96. The molecule has 0 amide bonds. The fourth-order valence-corrected chi connectivity index (χ4v) is 1.39. The summed E-state index contributed by atoms with van der Waals surface area (Å²) in [6.07, 6.45) is -0.193. The lowest BCUT2D eigenvalue weighted by atomic mass is 10.0. The molecule has 3 N–H and O–H groups in total. The van der Waals surface area contributed by atoms with Crippen LogP contribution in [0.5, 0.6) is 0 Å². The molecule has 0 heterocycles. The molecule has 88 valence electrons. The normalized spacial score (nSPS) is 11.5. The number of para-hydroxylation sites is 1. The molecule has 0 aliphatic rings. The van der Waals surface area contributed by atoms with Crippen LogP contribution < -0.4 is 5.73 Å². The Balaban J connectivity index is 3.20. The predicted molar refractivity (Wildman–Crippen MR) is 57.1 cm³/mol. The van der Waals surface area contributed by atoms with Crippen LogP contribution in [0.25, 0.3) is 0 Å². The number of carbonyl (C=O) groups is 1. The van der Waals surface area contributed by atoms with Crippen LogP contribution in [0, 0.1) is 21.4 Å². The number of benzene rings is 1. The molecule has 1 aromatic carbocycles. The zero-order chi connectivity index (χ0) is 13.0.